The van der Waals surface area contributed by atoms with Crippen LogP contribution in [0.5, 0.6) is 11.5 Å². The van der Waals surface area contributed by atoms with E-state index in [0.29, 0.717) is 22.7 Å². The van der Waals surface area contributed by atoms with Crippen molar-refractivity contribution >= 4 is 17.7 Å². The summed E-state index contributed by atoms with van der Waals surface area (Å²) in [4.78, 5) is 12.5. The molecule has 1 amide bonds. The van der Waals surface area contributed by atoms with Crippen LogP contribution >= 0.6 is 0 Å². The highest BCUT2D eigenvalue weighted by molar-refractivity contribution is 6.10. The van der Waals surface area contributed by atoms with E-state index in [9.17, 15) is 23.2 Å². The molecule has 0 aliphatic rings. The fraction of sp³-hybridized carbons (Fsp3) is 0.0435. The third-order valence-corrected chi connectivity index (χ3v) is 4.02. The Labute approximate surface area is 170 Å². The number of anilines is 1. The normalized spacial score (nSPS) is 11.5. The summed E-state index contributed by atoms with van der Waals surface area (Å²) >= 11 is 0. The number of alkyl halides is 3. The second-order valence-corrected chi connectivity index (χ2v) is 6.15. The summed E-state index contributed by atoms with van der Waals surface area (Å²) in [5.74, 6) is 0.241. The van der Waals surface area contributed by atoms with E-state index < -0.39 is 17.6 Å². The SMILES string of the molecule is N#C/C(=C\c1ccc(C(F)(F)F)cc1)C(=O)Nc1ccccc1Oc1ccccc1. The number of carbonyl (C=O) groups is 1. The van der Waals surface area contributed by atoms with Crippen LogP contribution in [-0.2, 0) is 11.0 Å². The number of nitrogens with one attached hydrogen (secondary N) is 1. The summed E-state index contributed by atoms with van der Waals surface area (Å²) in [6.45, 7) is 0. The highest BCUT2D eigenvalue weighted by Crippen LogP contribution is 2.30. The number of carbonyl (C=O) groups excluding carboxylic acids is 1. The molecule has 3 rings (SSSR count). The first kappa shape index (κ1) is 20.7. The number of nitrogens with zero attached hydrogens (tertiary/aromatic N) is 1. The van der Waals surface area contributed by atoms with Gasteiger partial charge in [0.2, 0.25) is 0 Å². The van der Waals surface area contributed by atoms with Gasteiger partial charge in [-0.15, -0.1) is 0 Å². The average molecular weight is 408 g/mol. The van der Waals surface area contributed by atoms with Crippen molar-refractivity contribution in [2.45, 2.75) is 6.18 Å². The van der Waals surface area contributed by atoms with Crippen LogP contribution in [0.4, 0.5) is 18.9 Å². The highest BCUT2D eigenvalue weighted by atomic mass is 19.4. The maximum atomic E-state index is 12.7. The lowest BCUT2D eigenvalue weighted by molar-refractivity contribution is -0.137. The number of amides is 1. The van der Waals surface area contributed by atoms with Gasteiger partial charge in [-0.1, -0.05) is 42.5 Å². The Morgan fingerprint density at radius 2 is 1.57 bits per heavy atom. The van der Waals surface area contributed by atoms with Crippen molar-refractivity contribution in [3.8, 4) is 17.6 Å². The molecule has 3 aromatic carbocycles. The summed E-state index contributed by atoms with van der Waals surface area (Å²) < 4.78 is 43.8. The van der Waals surface area contributed by atoms with Crippen LogP contribution in [-0.4, -0.2) is 5.91 Å². The van der Waals surface area contributed by atoms with Crippen molar-refractivity contribution in [1.82, 2.24) is 0 Å². The van der Waals surface area contributed by atoms with Crippen molar-refractivity contribution in [3.63, 3.8) is 0 Å². The van der Waals surface area contributed by atoms with E-state index in [-0.39, 0.29) is 5.57 Å². The number of rotatable bonds is 5. The van der Waals surface area contributed by atoms with Gasteiger partial charge in [0.1, 0.15) is 17.4 Å². The Balaban J connectivity index is 1.79. The van der Waals surface area contributed by atoms with Gasteiger partial charge in [0.15, 0.2) is 5.75 Å². The molecule has 3 aromatic rings. The van der Waals surface area contributed by atoms with Gasteiger partial charge in [0, 0.05) is 0 Å². The molecule has 0 unspecified atom stereocenters. The van der Waals surface area contributed by atoms with Crippen LogP contribution in [0, 0.1) is 11.3 Å². The number of nitriles is 1. The maximum Gasteiger partial charge on any atom is 0.416 e. The monoisotopic (exact) mass is 408 g/mol. The number of para-hydroxylation sites is 3. The molecule has 7 heteroatoms. The minimum atomic E-state index is -4.46. The quantitative estimate of drug-likeness (QED) is 0.413. The lowest BCUT2D eigenvalue weighted by atomic mass is 10.1. The molecule has 0 saturated heterocycles. The number of hydrogen-bond donors (Lipinski definition) is 1. The molecule has 0 aliphatic carbocycles. The first-order valence-electron chi connectivity index (χ1n) is 8.79. The van der Waals surface area contributed by atoms with Crippen LogP contribution in [0.1, 0.15) is 11.1 Å². The first-order chi connectivity index (χ1) is 14.4. The van der Waals surface area contributed by atoms with Gasteiger partial charge in [0.05, 0.1) is 11.3 Å². The molecule has 0 heterocycles. The lowest BCUT2D eigenvalue weighted by Gasteiger charge is -2.12. The van der Waals surface area contributed by atoms with E-state index >= 15 is 0 Å². The van der Waals surface area contributed by atoms with Gasteiger partial charge in [0.25, 0.3) is 5.91 Å². The predicted octanol–water partition coefficient (Wildman–Crippen LogP) is 6.04. The predicted molar refractivity (Wildman–Crippen MR) is 107 cm³/mol. The van der Waals surface area contributed by atoms with Gasteiger partial charge >= 0.3 is 6.18 Å². The van der Waals surface area contributed by atoms with Crippen LogP contribution in [0.2, 0.25) is 0 Å². The zero-order valence-corrected chi connectivity index (χ0v) is 15.5. The highest BCUT2D eigenvalue weighted by Gasteiger charge is 2.29. The lowest BCUT2D eigenvalue weighted by Crippen LogP contribution is -2.14. The Morgan fingerprint density at radius 1 is 0.933 bits per heavy atom. The van der Waals surface area contributed by atoms with Crippen LogP contribution in [0.25, 0.3) is 6.08 Å². The van der Waals surface area contributed by atoms with E-state index in [2.05, 4.69) is 5.32 Å². The number of hydrogen-bond acceptors (Lipinski definition) is 3. The van der Waals surface area contributed by atoms with E-state index in [1.807, 2.05) is 6.07 Å². The molecule has 150 valence electrons. The van der Waals surface area contributed by atoms with E-state index in [4.69, 9.17) is 4.74 Å². The fourth-order valence-electron chi connectivity index (χ4n) is 2.55. The van der Waals surface area contributed by atoms with Crippen molar-refractivity contribution < 1.29 is 22.7 Å². The van der Waals surface area contributed by atoms with Crippen LogP contribution < -0.4 is 10.1 Å². The summed E-state index contributed by atoms with van der Waals surface area (Å²) in [5.41, 5.74) is -0.428. The van der Waals surface area contributed by atoms with Crippen LogP contribution in [0.15, 0.2) is 84.4 Å². The number of halogens is 3. The van der Waals surface area contributed by atoms with Gasteiger partial charge < -0.3 is 10.1 Å². The fourth-order valence-corrected chi connectivity index (χ4v) is 2.55. The standard InChI is InChI=1S/C23H15F3N2O2/c24-23(25,26)18-12-10-16(11-13-18)14-17(15-27)22(29)28-20-8-4-5-9-21(20)30-19-6-2-1-3-7-19/h1-14H,(H,28,29)/b17-14+. The molecule has 4 nitrogen and oxygen atoms in total. The van der Waals surface area contributed by atoms with Crippen molar-refractivity contribution in [2.24, 2.45) is 0 Å². The molecule has 1 N–H and O–H groups in total. The molecular weight excluding hydrogens is 393 g/mol. The van der Waals surface area contributed by atoms with Gasteiger partial charge in [-0.25, -0.2) is 0 Å². The summed E-state index contributed by atoms with van der Waals surface area (Å²) in [5, 5.41) is 11.9. The number of ether oxygens (including phenoxy) is 1. The van der Waals surface area contributed by atoms with Crippen molar-refractivity contribution in [1.29, 1.82) is 5.26 Å². The van der Waals surface area contributed by atoms with E-state index in [0.717, 1.165) is 12.1 Å². The smallest absolute Gasteiger partial charge is 0.416 e. The van der Waals surface area contributed by atoms with Crippen molar-refractivity contribution in [2.75, 3.05) is 5.32 Å². The van der Waals surface area contributed by atoms with E-state index in [1.165, 1.54) is 18.2 Å². The zero-order chi connectivity index (χ0) is 21.6. The molecule has 30 heavy (non-hydrogen) atoms. The molecule has 0 atom stereocenters. The second kappa shape index (κ2) is 8.97. The molecule has 0 saturated carbocycles. The summed E-state index contributed by atoms with van der Waals surface area (Å²) in [7, 11) is 0. The molecule has 0 aromatic heterocycles. The van der Waals surface area contributed by atoms with Crippen molar-refractivity contribution in [3.05, 3.63) is 95.6 Å². The van der Waals surface area contributed by atoms with Gasteiger partial charge in [-0.3, -0.25) is 4.79 Å². The Morgan fingerprint density at radius 3 is 2.20 bits per heavy atom. The Bertz CT molecular complexity index is 1100. The topological polar surface area (TPSA) is 62.1 Å². The molecular formula is C23H15F3N2O2. The largest absolute Gasteiger partial charge is 0.455 e. The average Bonchev–Trinajstić information content (AvgIpc) is 2.74. The molecule has 0 bridgehead atoms. The minimum absolute atomic E-state index is 0.260. The molecule has 0 fully saturated rings. The Kier molecular flexibility index (Phi) is 6.18. The summed E-state index contributed by atoms with van der Waals surface area (Å²) in [6.07, 6.45) is -3.24. The Hall–Kier alpha value is -4.05. The zero-order valence-electron chi connectivity index (χ0n) is 15.5. The van der Waals surface area contributed by atoms with Gasteiger partial charge in [-0.05, 0) is 48.0 Å². The second-order valence-electron chi connectivity index (χ2n) is 6.15. The molecule has 0 aliphatic heterocycles. The number of benzene rings is 3. The minimum Gasteiger partial charge on any atom is -0.455 e. The van der Waals surface area contributed by atoms with E-state index in [1.54, 1.807) is 54.6 Å². The summed E-state index contributed by atoms with van der Waals surface area (Å²) in [6, 6.07) is 21.6. The maximum absolute atomic E-state index is 12.7. The third kappa shape index (κ3) is 5.26. The molecule has 0 spiro atoms. The molecule has 0 radical (unpaired) electrons. The third-order valence-electron chi connectivity index (χ3n) is 4.02. The van der Waals surface area contributed by atoms with Gasteiger partial charge in [-0.2, -0.15) is 18.4 Å². The first-order valence-corrected chi connectivity index (χ1v) is 8.79. The van der Waals surface area contributed by atoms with Crippen LogP contribution in [0.3, 0.4) is 0 Å².